The summed E-state index contributed by atoms with van der Waals surface area (Å²) in [4.78, 5) is 21.1. The number of hydrogen-bond donors (Lipinski definition) is 0. The lowest BCUT2D eigenvalue weighted by molar-refractivity contribution is -0.0863. The van der Waals surface area contributed by atoms with Crippen LogP contribution in [0.25, 0.3) is 16.8 Å². The van der Waals surface area contributed by atoms with Crippen LogP contribution in [0.3, 0.4) is 0 Å². The highest BCUT2D eigenvalue weighted by Crippen LogP contribution is 2.22. The summed E-state index contributed by atoms with van der Waals surface area (Å²) in [5, 5.41) is 12.7. The fourth-order valence-electron chi connectivity index (χ4n) is 3.83. The lowest BCUT2D eigenvalue weighted by atomic mass is 10.1. The molecule has 0 aliphatic carbocycles. The van der Waals surface area contributed by atoms with Gasteiger partial charge in [0.15, 0.2) is 11.9 Å². The standard InChI is InChI=1S/C23H22FN7O2/c1-16-3-8-20(31-25-9-10-26-31)22(28-16)23(32)30-11-2-12-33-21(30)15-29-14-18(13-27-29)17-4-6-19(24)7-5-17/h3-10,13-14,21H,2,11-12,15H2,1H3. The smallest absolute Gasteiger partial charge is 0.276 e. The molecular weight excluding hydrogens is 425 g/mol. The van der Waals surface area contributed by atoms with Crippen molar-refractivity contribution in [1.82, 2.24) is 34.7 Å². The summed E-state index contributed by atoms with van der Waals surface area (Å²) in [6.07, 6.45) is 6.90. The van der Waals surface area contributed by atoms with Crippen LogP contribution >= 0.6 is 0 Å². The van der Waals surface area contributed by atoms with Crippen LogP contribution in [-0.4, -0.2) is 59.9 Å². The van der Waals surface area contributed by atoms with Gasteiger partial charge in [-0.1, -0.05) is 12.1 Å². The molecule has 33 heavy (non-hydrogen) atoms. The van der Waals surface area contributed by atoms with Crippen molar-refractivity contribution in [3.8, 4) is 16.8 Å². The first-order chi connectivity index (χ1) is 16.1. The summed E-state index contributed by atoms with van der Waals surface area (Å²) >= 11 is 0. The Hall–Kier alpha value is -3.92. The van der Waals surface area contributed by atoms with E-state index in [1.165, 1.54) is 16.9 Å². The van der Waals surface area contributed by atoms with Gasteiger partial charge in [-0.15, -0.1) is 4.80 Å². The van der Waals surface area contributed by atoms with E-state index in [2.05, 4.69) is 20.3 Å². The van der Waals surface area contributed by atoms with Crippen LogP contribution < -0.4 is 0 Å². The molecule has 4 aromatic rings. The SMILES string of the molecule is Cc1ccc(-n2nccn2)c(C(=O)N2CCCOC2Cn2cc(-c3ccc(F)cc3)cn2)n1. The first-order valence-electron chi connectivity index (χ1n) is 10.6. The largest absolute Gasteiger partial charge is 0.356 e. The van der Waals surface area contributed by atoms with E-state index in [1.54, 1.807) is 46.4 Å². The van der Waals surface area contributed by atoms with Gasteiger partial charge in [-0.3, -0.25) is 9.48 Å². The third-order valence-corrected chi connectivity index (χ3v) is 5.47. The number of nitrogens with zero attached hydrogens (tertiary/aromatic N) is 7. The molecule has 1 amide bonds. The van der Waals surface area contributed by atoms with E-state index < -0.39 is 6.23 Å². The second-order valence-electron chi connectivity index (χ2n) is 7.77. The molecule has 1 aromatic carbocycles. The normalized spacial score (nSPS) is 16.2. The number of carbonyl (C=O) groups excluding carboxylic acids is 1. The Balaban J connectivity index is 1.39. The number of aromatic nitrogens is 6. The summed E-state index contributed by atoms with van der Waals surface area (Å²) in [6.45, 7) is 3.28. The van der Waals surface area contributed by atoms with Crippen molar-refractivity contribution >= 4 is 5.91 Å². The van der Waals surface area contributed by atoms with Crippen molar-refractivity contribution in [2.24, 2.45) is 0 Å². The van der Waals surface area contributed by atoms with Crippen LogP contribution in [-0.2, 0) is 11.3 Å². The number of rotatable bonds is 5. The average Bonchev–Trinajstić information content (AvgIpc) is 3.52. The molecule has 10 heteroatoms. The highest BCUT2D eigenvalue weighted by Gasteiger charge is 2.31. The molecule has 1 aliphatic rings. The zero-order valence-electron chi connectivity index (χ0n) is 18.0. The van der Waals surface area contributed by atoms with E-state index in [1.807, 2.05) is 19.2 Å². The van der Waals surface area contributed by atoms with Crippen molar-refractivity contribution in [3.63, 3.8) is 0 Å². The molecule has 5 rings (SSSR count). The van der Waals surface area contributed by atoms with Crippen molar-refractivity contribution in [3.05, 3.63) is 78.4 Å². The lowest BCUT2D eigenvalue weighted by Gasteiger charge is -2.35. The third kappa shape index (κ3) is 4.37. The van der Waals surface area contributed by atoms with E-state index >= 15 is 0 Å². The number of benzene rings is 1. The minimum Gasteiger partial charge on any atom is -0.356 e. The van der Waals surface area contributed by atoms with Gasteiger partial charge < -0.3 is 9.64 Å². The van der Waals surface area contributed by atoms with Crippen molar-refractivity contribution in [2.45, 2.75) is 26.1 Å². The first kappa shape index (κ1) is 21.0. The first-order valence-corrected chi connectivity index (χ1v) is 10.6. The zero-order chi connectivity index (χ0) is 22.8. The van der Waals surface area contributed by atoms with Crippen molar-refractivity contribution in [2.75, 3.05) is 13.2 Å². The van der Waals surface area contributed by atoms with E-state index in [0.29, 0.717) is 25.4 Å². The Morgan fingerprint density at radius 2 is 1.88 bits per heavy atom. The van der Waals surface area contributed by atoms with E-state index in [4.69, 9.17) is 4.74 Å². The second-order valence-corrected chi connectivity index (χ2v) is 7.77. The van der Waals surface area contributed by atoms with Gasteiger partial charge in [0.1, 0.15) is 11.5 Å². The number of pyridine rings is 1. The molecule has 0 bridgehead atoms. The molecule has 168 valence electrons. The molecule has 1 unspecified atom stereocenters. The van der Waals surface area contributed by atoms with Crippen LogP contribution in [0, 0.1) is 12.7 Å². The number of aryl methyl sites for hydroxylation is 1. The third-order valence-electron chi connectivity index (χ3n) is 5.47. The topological polar surface area (TPSA) is 91.0 Å². The average molecular weight is 447 g/mol. The van der Waals surface area contributed by atoms with Crippen molar-refractivity contribution < 1.29 is 13.9 Å². The Bertz CT molecular complexity index is 1250. The van der Waals surface area contributed by atoms with E-state index in [0.717, 1.165) is 23.2 Å². The van der Waals surface area contributed by atoms with Crippen LogP contribution in [0.1, 0.15) is 22.6 Å². The van der Waals surface area contributed by atoms with Gasteiger partial charge in [-0.2, -0.15) is 15.3 Å². The van der Waals surface area contributed by atoms with Crippen LogP contribution in [0.15, 0.2) is 61.2 Å². The van der Waals surface area contributed by atoms with Gasteiger partial charge in [0.25, 0.3) is 5.91 Å². The molecule has 4 heterocycles. The quantitative estimate of drug-likeness (QED) is 0.467. The highest BCUT2D eigenvalue weighted by molar-refractivity contribution is 5.96. The van der Waals surface area contributed by atoms with E-state index in [9.17, 15) is 9.18 Å². The molecule has 9 nitrogen and oxygen atoms in total. The fraction of sp³-hybridized carbons (Fsp3) is 0.261. The molecule has 0 spiro atoms. The van der Waals surface area contributed by atoms with Gasteiger partial charge in [0, 0.05) is 24.0 Å². The molecule has 0 saturated carbocycles. The molecule has 1 saturated heterocycles. The molecule has 1 aliphatic heterocycles. The Morgan fingerprint density at radius 3 is 2.67 bits per heavy atom. The Kier molecular flexibility index (Phi) is 5.66. The maximum Gasteiger partial charge on any atom is 0.276 e. The van der Waals surface area contributed by atoms with Gasteiger partial charge in [0.05, 0.1) is 31.7 Å². The Labute approximate surface area is 189 Å². The van der Waals surface area contributed by atoms with Gasteiger partial charge in [-0.25, -0.2) is 9.37 Å². The molecule has 1 atom stereocenters. The monoisotopic (exact) mass is 447 g/mol. The second kappa shape index (κ2) is 8.91. The minimum atomic E-state index is -0.507. The number of ether oxygens (including phenoxy) is 1. The van der Waals surface area contributed by atoms with E-state index in [-0.39, 0.29) is 17.4 Å². The summed E-state index contributed by atoms with van der Waals surface area (Å²) in [5.41, 5.74) is 3.23. The molecule has 0 radical (unpaired) electrons. The number of carbonyl (C=O) groups is 1. The predicted octanol–water partition coefficient (Wildman–Crippen LogP) is 2.86. The van der Waals surface area contributed by atoms with Gasteiger partial charge in [-0.05, 0) is 43.2 Å². The summed E-state index contributed by atoms with van der Waals surface area (Å²) in [5.74, 6) is -0.535. The fourth-order valence-corrected chi connectivity index (χ4v) is 3.83. The lowest BCUT2D eigenvalue weighted by Crippen LogP contribution is -2.49. The maximum atomic E-state index is 13.6. The molecule has 0 N–H and O–H groups in total. The highest BCUT2D eigenvalue weighted by atomic mass is 19.1. The van der Waals surface area contributed by atoms with Gasteiger partial charge >= 0.3 is 0 Å². The predicted molar refractivity (Wildman–Crippen MR) is 117 cm³/mol. The minimum absolute atomic E-state index is 0.249. The maximum absolute atomic E-state index is 13.6. The number of amides is 1. The molecular formula is C23H22FN7O2. The Morgan fingerprint density at radius 1 is 1.09 bits per heavy atom. The summed E-state index contributed by atoms with van der Waals surface area (Å²) < 4.78 is 20.9. The number of hydrogen-bond acceptors (Lipinski definition) is 6. The molecule has 3 aromatic heterocycles. The number of halogens is 1. The van der Waals surface area contributed by atoms with Crippen LogP contribution in [0.4, 0.5) is 4.39 Å². The van der Waals surface area contributed by atoms with Gasteiger partial charge in [0.2, 0.25) is 0 Å². The summed E-state index contributed by atoms with van der Waals surface area (Å²) in [6, 6.07) is 9.85. The zero-order valence-corrected chi connectivity index (χ0v) is 18.0. The molecule has 1 fully saturated rings. The summed E-state index contributed by atoms with van der Waals surface area (Å²) in [7, 11) is 0. The van der Waals surface area contributed by atoms with Crippen LogP contribution in [0.2, 0.25) is 0 Å². The van der Waals surface area contributed by atoms with Crippen LogP contribution in [0.5, 0.6) is 0 Å². The van der Waals surface area contributed by atoms with Crippen molar-refractivity contribution in [1.29, 1.82) is 0 Å².